The highest BCUT2D eigenvalue weighted by atomic mass is 15.5. The van der Waals surface area contributed by atoms with Crippen LogP contribution in [-0.4, -0.2) is 54.4 Å². The maximum Gasteiger partial charge on any atom is 0.127 e. The molecule has 0 radical (unpaired) electrons. The van der Waals surface area contributed by atoms with Gasteiger partial charge >= 0.3 is 0 Å². The van der Waals surface area contributed by atoms with Gasteiger partial charge in [-0.25, -0.2) is 10.0 Å². The molecule has 0 aromatic rings. The summed E-state index contributed by atoms with van der Waals surface area (Å²) in [5.41, 5.74) is 6.23. The van der Waals surface area contributed by atoms with Crippen LogP contribution in [0.2, 0.25) is 0 Å². The van der Waals surface area contributed by atoms with Gasteiger partial charge in [-0.2, -0.15) is 0 Å². The first kappa shape index (κ1) is 24.5. The van der Waals surface area contributed by atoms with Gasteiger partial charge in [-0.05, 0) is 52.9 Å². The van der Waals surface area contributed by atoms with E-state index in [1.165, 1.54) is 30.4 Å². The molecule has 5 nitrogen and oxygen atoms in total. The molecule has 0 aromatic heterocycles. The lowest BCUT2D eigenvalue weighted by atomic mass is 10.1. The van der Waals surface area contributed by atoms with Gasteiger partial charge in [0.05, 0.1) is 0 Å². The third kappa shape index (κ3) is 9.40. The van der Waals surface area contributed by atoms with E-state index in [1.807, 2.05) is 6.92 Å². The van der Waals surface area contributed by atoms with Gasteiger partial charge in [0.15, 0.2) is 0 Å². The molecule has 1 N–H and O–H groups in total. The number of amidine groups is 2. The van der Waals surface area contributed by atoms with Crippen LogP contribution in [0.4, 0.5) is 0 Å². The van der Waals surface area contributed by atoms with E-state index < -0.39 is 0 Å². The zero-order valence-electron chi connectivity index (χ0n) is 20.0. The Morgan fingerprint density at radius 3 is 2.77 bits per heavy atom. The Bertz CT molecular complexity index is 665. The normalized spacial score (nSPS) is 20.1. The van der Waals surface area contributed by atoms with Crippen molar-refractivity contribution >= 4 is 11.7 Å². The number of nitrogens with one attached hydrogen (secondary N) is 1. The fourth-order valence-electron chi connectivity index (χ4n) is 3.98. The molecule has 0 spiro atoms. The average molecular weight is 414 g/mol. The molecule has 1 aliphatic carbocycles. The minimum atomic E-state index is 0.220. The van der Waals surface area contributed by atoms with Crippen molar-refractivity contribution < 1.29 is 0 Å². The van der Waals surface area contributed by atoms with E-state index in [-0.39, 0.29) is 6.17 Å². The first-order valence-electron chi connectivity index (χ1n) is 11.8. The first-order valence-corrected chi connectivity index (χ1v) is 11.8. The van der Waals surface area contributed by atoms with Crippen LogP contribution >= 0.6 is 0 Å². The lowest BCUT2D eigenvalue weighted by molar-refractivity contribution is 0.178. The maximum atomic E-state index is 5.00. The second kappa shape index (κ2) is 13.6. The quantitative estimate of drug-likeness (QED) is 0.309. The van der Waals surface area contributed by atoms with Gasteiger partial charge in [0.25, 0.3) is 0 Å². The highest BCUT2D eigenvalue weighted by Gasteiger charge is 2.16. The number of rotatable bonds is 9. The number of piperidine rings is 1. The van der Waals surface area contributed by atoms with Crippen LogP contribution in [-0.2, 0) is 0 Å². The van der Waals surface area contributed by atoms with E-state index >= 15 is 0 Å². The topological polar surface area (TPSA) is 43.2 Å². The third-order valence-electron chi connectivity index (χ3n) is 5.73. The summed E-state index contributed by atoms with van der Waals surface area (Å²) in [6, 6.07) is 0. The van der Waals surface area contributed by atoms with Crippen molar-refractivity contribution in [3.63, 3.8) is 0 Å². The second-order valence-corrected chi connectivity index (χ2v) is 8.70. The predicted molar refractivity (Wildman–Crippen MR) is 131 cm³/mol. The Kier molecular flexibility index (Phi) is 11.1. The number of nitrogens with zero attached hydrogens (tertiary/aromatic N) is 4. The number of hydrogen-bond acceptors (Lipinski definition) is 3. The largest absolute Gasteiger partial charge is 0.307 e. The molecule has 0 amide bonds. The van der Waals surface area contributed by atoms with E-state index in [2.05, 4.69) is 67.5 Å². The maximum absolute atomic E-state index is 5.00. The highest BCUT2D eigenvalue weighted by molar-refractivity contribution is 5.95. The molecule has 0 aromatic carbocycles. The molecule has 1 atom stereocenters. The molecule has 1 heterocycles. The van der Waals surface area contributed by atoms with E-state index in [0.717, 1.165) is 63.4 Å². The lowest BCUT2D eigenvalue weighted by Gasteiger charge is -2.30. The SMILES string of the molecule is CCCC/C(N=C(C)NN(C)CCC1=CC(C)=CC=CC1)=N/C(C)N1CCCCC1. The van der Waals surface area contributed by atoms with Gasteiger partial charge in [-0.1, -0.05) is 55.2 Å². The number of unbranched alkanes of at least 4 members (excludes halogenated alkanes) is 1. The van der Waals surface area contributed by atoms with Gasteiger partial charge in [0, 0.05) is 33.1 Å². The Labute approximate surface area is 184 Å². The predicted octanol–water partition coefficient (Wildman–Crippen LogP) is 5.48. The number of likely N-dealkylation sites (tertiary alicyclic amines) is 1. The fraction of sp³-hybridized carbons (Fsp3) is 0.680. The Morgan fingerprint density at radius 1 is 1.27 bits per heavy atom. The van der Waals surface area contributed by atoms with Crippen LogP contribution in [0.1, 0.15) is 79.1 Å². The smallest absolute Gasteiger partial charge is 0.127 e. The number of hydrazine groups is 1. The number of aliphatic imine (C=N–C) groups is 2. The van der Waals surface area contributed by atoms with Crippen molar-refractivity contribution in [3.05, 3.63) is 35.5 Å². The van der Waals surface area contributed by atoms with Crippen molar-refractivity contribution in [2.24, 2.45) is 9.98 Å². The van der Waals surface area contributed by atoms with Gasteiger partial charge < -0.3 is 5.43 Å². The summed E-state index contributed by atoms with van der Waals surface area (Å²) in [5.74, 6) is 1.90. The molecule has 168 valence electrons. The summed E-state index contributed by atoms with van der Waals surface area (Å²) in [5, 5.41) is 2.14. The number of allylic oxidation sites excluding steroid dienone is 5. The minimum Gasteiger partial charge on any atom is -0.307 e. The summed E-state index contributed by atoms with van der Waals surface area (Å²) in [6.45, 7) is 11.9. The van der Waals surface area contributed by atoms with Crippen LogP contribution < -0.4 is 5.43 Å². The van der Waals surface area contributed by atoms with Crippen LogP contribution in [0.15, 0.2) is 45.4 Å². The fourth-order valence-corrected chi connectivity index (χ4v) is 3.98. The molecule has 0 saturated carbocycles. The lowest BCUT2D eigenvalue weighted by Crippen LogP contribution is -2.39. The van der Waals surface area contributed by atoms with Crippen molar-refractivity contribution in [2.45, 2.75) is 85.2 Å². The molecular formula is C25H43N5. The zero-order valence-corrected chi connectivity index (χ0v) is 20.0. The van der Waals surface area contributed by atoms with Crippen molar-refractivity contribution in [1.82, 2.24) is 15.3 Å². The van der Waals surface area contributed by atoms with Crippen LogP contribution in [0.25, 0.3) is 0 Å². The molecule has 1 fully saturated rings. The summed E-state index contributed by atoms with van der Waals surface area (Å²) in [7, 11) is 2.09. The summed E-state index contributed by atoms with van der Waals surface area (Å²) in [6.07, 6.45) is 18.4. The number of hydrogen-bond donors (Lipinski definition) is 1. The minimum absolute atomic E-state index is 0.220. The van der Waals surface area contributed by atoms with Crippen LogP contribution in [0.5, 0.6) is 0 Å². The summed E-state index contributed by atoms with van der Waals surface area (Å²) < 4.78 is 0. The van der Waals surface area contributed by atoms with Crippen molar-refractivity contribution in [2.75, 3.05) is 26.7 Å². The molecule has 1 unspecified atom stereocenters. The third-order valence-corrected chi connectivity index (χ3v) is 5.73. The molecule has 5 heteroatoms. The standard InChI is InChI=1S/C25H43N5/c1-6-7-15-25(27-23(4)30-17-11-8-12-18-30)26-22(3)28-29(5)19-16-24-14-10-9-13-21(2)20-24/h9-10,13,20,23H,6-8,11-12,14-19H2,1-5H3,(H,26,27,28). The molecule has 1 saturated heterocycles. The van der Waals surface area contributed by atoms with Gasteiger partial charge in [0.1, 0.15) is 17.8 Å². The average Bonchev–Trinajstić information content (AvgIpc) is 2.94. The van der Waals surface area contributed by atoms with E-state index in [4.69, 9.17) is 9.98 Å². The van der Waals surface area contributed by atoms with Crippen LogP contribution in [0, 0.1) is 0 Å². The molecule has 2 aliphatic rings. The Balaban J connectivity index is 1.91. The molecule has 2 rings (SSSR count). The first-order chi connectivity index (χ1) is 14.5. The van der Waals surface area contributed by atoms with E-state index in [1.54, 1.807) is 0 Å². The molecule has 1 aliphatic heterocycles. The second-order valence-electron chi connectivity index (χ2n) is 8.70. The van der Waals surface area contributed by atoms with Crippen LogP contribution in [0.3, 0.4) is 0 Å². The molecule has 0 bridgehead atoms. The Morgan fingerprint density at radius 2 is 2.03 bits per heavy atom. The molecular weight excluding hydrogens is 370 g/mol. The van der Waals surface area contributed by atoms with E-state index in [0.29, 0.717) is 0 Å². The monoisotopic (exact) mass is 413 g/mol. The Hall–Kier alpha value is -1.72. The summed E-state index contributed by atoms with van der Waals surface area (Å²) >= 11 is 0. The van der Waals surface area contributed by atoms with Crippen molar-refractivity contribution in [1.29, 1.82) is 0 Å². The summed E-state index contributed by atoms with van der Waals surface area (Å²) in [4.78, 5) is 12.4. The highest BCUT2D eigenvalue weighted by Crippen LogP contribution is 2.16. The van der Waals surface area contributed by atoms with Gasteiger partial charge in [-0.15, -0.1) is 0 Å². The van der Waals surface area contributed by atoms with Crippen molar-refractivity contribution in [3.8, 4) is 0 Å². The molecule has 30 heavy (non-hydrogen) atoms. The zero-order chi connectivity index (χ0) is 21.8. The van der Waals surface area contributed by atoms with Gasteiger partial charge in [0.2, 0.25) is 0 Å². The van der Waals surface area contributed by atoms with Gasteiger partial charge in [-0.3, -0.25) is 9.89 Å². The van der Waals surface area contributed by atoms with E-state index in [9.17, 15) is 0 Å².